The van der Waals surface area contributed by atoms with E-state index >= 15 is 0 Å². The van der Waals surface area contributed by atoms with Gasteiger partial charge in [-0.05, 0) is 30.0 Å². The fourth-order valence-electron chi connectivity index (χ4n) is 3.00. The number of guanidine groups is 1. The highest BCUT2D eigenvalue weighted by Crippen LogP contribution is 2.32. The van der Waals surface area contributed by atoms with Crippen molar-refractivity contribution in [2.45, 2.75) is 19.4 Å². The van der Waals surface area contributed by atoms with Crippen molar-refractivity contribution in [1.29, 1.82) is 0 Å². The van der Waals surface area contributed by atoms with E-state index in [9.17, 15) is 0 Å². The lowest BCUT2D eigenvalue weighted by molar-refractivity contribution is 0.297. The first-order valence-electron chi connectivity index (χ1n) is 9.71. The van der Waals surface area contributed by atoms with Crippen molar-refractivity contribution in [3.63, 3.8) is 0 Å². The lowest BCUT2D eigenvalue weighted by Gasteiger charge is -2.14. The Morgan fingerprint density at radius 2 is 2.14 bits per heavy atom. The highest BCUT2D eigenvalue weighted by Gasteiger charge is 2.11. The van der Waals surface area contributed by atoms with E-state index < -0.39 is 0 Å². The summed E-state index contributed by atoms with van der Waals surface area (Å²) in [4.78, 5) is 6.07. The molecule has 0 fully saturated rings. The van der Waals surface area contributed by atoms with Gasteiger partial charge >= 0.3 is 0 Å². The third-order valence-corrected chi connectivity index (χ3v) is 5.37. The molecule has 4 rings (SSSR count). The van der Waals surface area contributed by atoms with E-state index in [4.69, 9.17) is 14.5 Å². The van der Waals surface area contributed by atoms with Crippen LogP contribution in [-0.2, 0) is 20.0 Å². The summed E-state index contributed by atoms with van der Waals surface area (Å²) in [6.07, 6.45) is 5.65. The molecule has 2 aromatic heterocycles. The summed E-state index contributed by atoms with van der Waals surface area (Å²) in [5.41, 5.74) is 1.97. The normalized spacial score (nSPS) is 13.8. The number of hydrogen-bond acceptors (Lipinski definition) is 5. The molecule has 0 saturated heterocycles. The van der Waals surface area contributed by atoms with Crippen molar-refractivity contribution in [3.8, 4) is 11.5 Å². The molecule has 8 heteroatoms. The van der Waals surface area contributed by atoms with Gasteiger partial charge in [0.1, 0.15) is 0 Å². The van der Waals surface area contributed by atoms with Gasteiger partial charge in [0.2, 0.25) is 0 Å². The highest BCUT2D eigenvalue weighted by molar-refractivity contribution is 7.09. The van der Waals surface area contributed by atoms with Gasteiger partial charge in [-0.1, -0.05) is 6.07 Å². The number of rotatable bonds is 6. The molecule has 0 unspecified atom stereocenters. The number of aryl methyl sites for hydroxylation is 1. The van der Waals surface area contributed by atoms with E-state index in [1.54, 1.807) is 16.0 Å². The molecule has 0 amide bonds. The molecular formula is C21H25N5O2S. The molecule has 29 heavy (non-hydrogen) atoms. The van der Waals surface area contributed by atoms with Crippen molar-refractivity contribution in [2.75, 3.05) is 25.1 Å². The minimum atomic E-state index is 0.548. The predicted molar refractivity (Wildman–Crippen MR) is 116 cm³/mol. The number of benzene rings is 1. The van der Waals surface area contributed by atoms with Crippen molar-refractivity contribution < 1.29 is 9.47 Å². The van der Waals surface area contributed by atoms with Gasteiger partial charge in [-0.3, -0.25) is 4.68 Å². The minimum absolute atomic E-state index is 0.548. The van der Waals surface area contributed by atoms with Crippen LogP contribution < -0.4 is 20.1 Å². The van der Waals surface area contributed by atoms with Crippen LogP contribution in [0.3, 0.4) is 0 Å². The van der Waals surface area contributed by atoms with Gasteiger partial charge in [0, 0.05) is 48.4 Å². The number of aromatic nitrogens is 2. The summed E-state index contributed by atoms with van der Waals surface area (Å²) >= 11 is 1.77. The van der Waals surface area contributed by atoms with Gasteiger partial charge in [0.05, 0.1) is 26.0 Å². The molecule has 0 bridgehead atoms. The average molecular weight is 412 g/mol. The van der Waals surface area contributed by atoms with Crippen molar-refractivity contribution in [1.82, 2.24) is 15.1 Å². The quantitative estimate of drug-likeness (QED) is 0.480. The first-order valence-corrected chi connectivity index (χ1v) is 10.6. The molecule has 2 N–H and O–H groups in total. The van der Waals surface area contributed by atoms with Gasteiger partial charge < -0.3 is 20.1 Å². The standard InChI is InChI=1S/C21H25N5O2S/c1-26-15-16(14-24-26)13-23-21(22-8-7-18-4-2-11-29-18)25-17-5-6-19-20(12-17)28-10-3-9-27-19/h2,4-6,11-12,14-15H,3,7-10,13H2,1H3,(H2,22,23,25). The highest BCUT2D eigenvalue weighted by atomic mass is 32.1. The summed E-state index contributed by atoms with van der Waals surface area (Å²) < 4.78 is 13.3. The Bertz CT molecular complexity index is 952. The van der Waals surface area contributed by atoms with Crippen molar-refractivity contribution >= 4 is 23.0 Å². The Balaban J connectivity index is 1.45. The molecule has 0 atom stereocenters. The van der Waals surface area contributed by atoms with Crippen LogP contribution in [0, 0.1) is 0 Å². The molecule has 7 nitrogen and oxygen atoms in total. The summed E-state index contributed by atoms with van der Waals surface area (Å²) in [6, 6.07) is 10.1. The first kappa shape index (κ1) is 19.3. The van der Waals surface area contributed by atoms with Gasteiger partial charge in [-0.25, -0.2) is 4.99 Å². The number of thiophene rings is 1. The lowest BCUT2D eigenvalue weighted by atomic mass is 10.2. The van der Waals surface area contributed by atoms with Crippen molar-refractivity contribution in [2.24, 2.45) is 12.0 Å². The molecule has 1 aliphatic heterocycles. The second kappa shape index (κ2) is 9.47. The van der Waals surface area contributed by atoms with Crippen LogP contribution in [0.5, 0.6) is 11.5 Å². The molecule has 3 heterocycles. The zero-order valence-electron chi connectivity index (χ0n) is 16.4. The van der Waals surface area contributed by atoms with E-state index in [1.165, 1.54) is 4.88 Å². The Labute approximate surface area is 174 Å². The third-order valence-electron chi connectivity index (χ3n) is 4.43. The number of ether oxygens (including phenoxy) is 2. The van der Waals surface area contributed by atoms with Crippen LogP contribution in [0.15, 0.2) is 53.1 Å². The van der Waals surface area contributed by atoms with Crippen LogP contribution in [0.4, 0.5) is 5.69 Å². The Morgan fingerprint density at radius 1 is 1.24 bits per heavy atom. The number of aliphatic imine (C=N–C) groups is 1. The summed E-state index contributed by atoms with van der Waals surface area (Å²) in [5, 5.41) is 13.1. The van der Waals surface area contributed by atoms with Gasteiger partial charge in [-0.15, -0.1) is 11.3 Å². The van der Waals surface area contributed by atoms with Crippen LogP contribution in [-0.4, -0.2) is 35.5 Å². The second-order valence-corrected chi connectivity index (χ2v) is 7.81. The monoisotopic (exact) mass is 411 g/mol. The predicted octanol–water partition coefficient (Wildman–Crippen LogP) is 3.44. The average Bonchev–Trinajstić information content (AvgIpc) is 3.32. The molecule has 0 spiro atoms. The minimum Gasteiger partial charge on any atom is -0.490 e. The summed E-state index contributed by atoms with van der Waals surface area (Å²) in [6.45, 7) is 2.69. The Morgan fingerprint density at radius 3 is 2.93 bits per heavy atom. The first-order chi connectivity index (χ1) is 14.3. The fourth-order valence-corrected chi connectivity index (χ4v) is 3.71. The van der Waals surface area contributed by atoms with E-state index in [0.717, 1.165) is 48.1 Å². The maximum Gasteiger partial charge on any atom is 0.196 e. The van der Waals surface area contributed by atoms with Crippen molar-refractivity contribution in [3.05, 3.63) is 58.5 Å². The molecule has 3 aromatic rings. The zero-order chi connectivity index (χ0) is 19.9. The smallest absolute Gasteiger partial charge is 0.196 e. The summed E-state index contributed by atoms with van der Waals surface area (Å²) in [7, 11) is 1.91. The number of nitrogens with one attached hydrogen (secondary N) is 2. The molecule has 1 aliphatic rings. The number of anilines is 1. The summed E-state index contributed by atoms with van der Waals surface area (Å²) in [5.74, 6) is 2.27. The SMILES string of the molecule is Cn1cc(CN=C(NCCc2cccs2)Nc2ccc3c(c2)OCCCO3)cn1. The van der Waals surface area contributed by atoms with Gasteiger partial charge in [-0.2, -0.15) is 5.10 Å². The van der Waals surface area contributed by atoms with E-state index in [0.29, 0.717) is 19.8 Å². The van der Waals surface area contributed by atoms with Crippen LogP contribution in [0.1, 0.15) is 16.9 Å². The second-order valence-electron chi connectivity index (χ2n) is 6.78. The maximum atomic E-state index is 5.80. The number of hydrogen-bond donors (Lipinski definition) is 2. The molecule has 0 radical (unpaired) electrons. The van der Waals surface area contributed by atoms with Crippen LogP contribution in [0.25, 0.3) is 0 Å². The Kier molecular flexibility index (Phi) is 6.31. The lowest BCUT2D eigenvalue weighted by Crippen LogP contribution is -2.32. The molecule has 0 saturated carbocycles. The van der Waals surface area contributed by atoms with E-state index in [1.807, 2.05) is 37.6 Å². The Hall–Kier alpha value is -3.00. The largest absolute Gasteiger partial charge is 0.490 e. The van der Waals surface area contributed by atoms with E-state index in [2.05, 4.69) is 33.2 Å². The molecule has 1 aromatic carbocycles. The number of fused-ring (bicyclic) bond motifs is 1. The third kappa shape index (κ3) is 5.51. The van der Waals surface area contributed by atoms with Gasteiger partial charge in [0.25, 0.3) is 0 Å². The number of nitrogens with zero attached hydrogens (tertiary/aromatic N) is 3. The maximum absolute atomic E-state index is 5.80. The fraction of sp³-hybridized carbons (Fsp3) is 0.333. The van der Waals surface area contributed by atoms with Gasteiger partial charge in [0.15, 0.2) is 17.5 Å². The van der Waals surface area contributed by atoms with E-state index in [-0.39, 0.29) is 0 Å². The topological polar surface area (TPSA) is 72.7 Å². The van der Waals surface area contributed by atoms with Crippen LogP contribution >= 0.6 is 11.3 Å². The van der Waals surface area contributed by atoms with Crippen LogP contribution in [0.2, 0.25) is 0 Å². The zero-order valence-corrected chi connectivity index (χ0v) is 17.2. The molecule has 0 aliphatic carbocycles. The molecular weight excluding hydrogens is 386 g/mol. The molecule has 152 valence electrons.